The zero-order valence-electron chi connectivity index (χ0n) is 11.3. The lowest BCUT2D eigenvalue weighted by atomic mass is 9.95. The van der Waals surface area contributed by atoms with E-state index in [1.807, 2.05) is 13.0 Å². The van der Waals surface area contributed by atoms with Gasteiger partial charge in [-0.1, -0.05) is 6.92 Å². The fourth-order valence-electron chi connectivity index (χ4n) is 2.53. The minimum Gasteiger partial charge on any atom is -0.388 e. The van der Waals surface area contributed by atoms with Crippen LogP contribution in [0.4, 0.5) is 0 Å². The lowest BCUT2D eigenvalue weighted by Crippen LogP contribution is -2.48. The largest absolute Gasteiger partial charge is 0.388 e. The van der Waals surface area contributed by atoms with Crippen molar-refractivity contribution in [3.05, 3.63) is 21.4 Å². The summed E-state index contributed by atoms with van der Waals surface area (Å²) in [5.41, 5.74) is 0.528. The number of likely N-dealkylation sites (tertiary alicyclic amines) is 1. The van der Waals surface area contributed by atoms with E-state index in [4.69, 9.17) is 0 Å². The summed E-state index contributed by atoms with van der Waals surface area (Å²) in [6, 6.07) is 2.01. The molecule has 1 aliphatic heterocycles. The van der Waals surface area contributed by atoms with E-state index in [9.17, 15) is 9.90 Å². The molecule has 0 aliphatic carbocycles. The minimum atomic E-state index is -0.728. The summed E-state index contributed by atoms with van der Waals surface area (Å²) in [5, 5.41) is 10.1. The maximum Gasteiger partial charge on any atom is 0.264 e. The van der Waals surface area contributed by atoms with Gasteiger partial charge in [-0.25, -0.2) is 0 Å². The van der Waals surface area contributed by atoms with E-state index in [2.05, 4.69) is 13.8 Å². The second-order valence-electron chi connectivity index (χ2n) is 5.37. The molecule has 0 bridgehead atoms. The monoisotopic (exact) mass is 267 g/mol. The van der Waals surface area contributed by atoms with Crippen LogP contribution >= 0.6 is 11.3 Å². The Morgan fingerprint density at radius 1 is 1.61 bits per heavy atom. The summed E-state index contributed by atoms with van der Waals surface area (Å²) in [6.07, 6.45) is 2.62. The number of piperidine rings is 1. The molecule has 1 N–H and O–H groups in total. The van der Waals surface area contributed by atoms with Crippen LogP contribution in [0, 0.1) is 6.92 Å². The molecule has 1 saturated heterocycles. The van der Waals surface area contributed by atoms with Crippen LogP contribution in [-0.2, 0) is 6.42 Å². The van der Waals surface area contributed by atoms with E-state index in [-0.39, 0.29) is 5.91 Å². The molecule has 0 aromatic carbocycles. The van der Waals surface area contributed by atoms with Crippen LogP contribution in [0.2, 0.25) is 0 Å². The van der Waals surface area contributed by atoms with Gasteiger partial charge in [0.15, 0.2) is 0 Å². The van der Waals surface area contributed by atoms with E-state index in [1.165, 1.54) is 10.4 Å². The molecule has 1 amide bonds. The van der Waals surface area contributed by atoms with Gasteiger partial charge in [0.1, 0.15) is 0 Å². The minimum absolute atomic E-state index is 0.0720. The Balaban J connectivity index is 2.15. The number of aliphatic hydroxyl groups is 1. The van der Waals surface area contributed by atoms with Crippen molar-refractivity contribution in [1.29, 1.82) is 0 Å². The predicted molar refractivity (Wildman–Crippen MR) is 74.2 cm³/mol. The van der Waals surface area contributed by atoms with Gasteiger partial charge in [-0.3, -0.25) is 4.79 Å². The second-order valence-corrected chi connectivity index (χ2v) is 6.63. The zero-order valence-corrected chi connectivity index (χ0v) is 12.1. The average molecular weight is 267 g/mol. The highest BCUT2D eigenvalue weighted by molar-refractivity contribution is 7.14. The van der Waals surface area contributed by atoms with Crippen molar-refractivity contribution >= 4 is 17.2 Å². The number of amides is 1. The normalized spacial score (nSPS) is 24.3. The Kier molecular flexibility index (Phi) is 3.78. The van der Waals surface area contributed by atoms with Crippen molar-refractivity contribution < 1.29 is 9.90 Å². The Bertz CT molecular complexity index is 451. The molecular weight excluding hydrogens is 246 g/mol. The molecule has 1 fully saturated rings. The van der Waals surface area contributed by atoms with E-state index >= 15 is 0 Å². The van der Waals surface area contributed by atoms with Crippen LogP contribution in [0.15, 0.2) is 6.07 Å². The van der Waals surface area contributed by atoms with Gasteiger partial charge < -0.3 is 10.0 Å². The molecule has 18 heavy (non-hydrogen) atoms. The van der Waals surface area contributed by atoms with Crippen LogP contribution in [-0.4, -0.2) is 34.6 Å². The topological polar surface area (TPSA) is 40.5 Å². The van der Waals surface area contributed by atoms with Crippen molar-refractivity contribution in [1.82, 2.24) is 4.90 Å². The third-order valence-electron chi connectivity index (χ3n) is 3.57. The number of thiophene rings is 1. The third kappa shape index (κ3) is 2.75. The summed E-state index contributed by atoms with van der Waals surface area (Å²) in [6.45, 7) is 7.18. The molecule has 0 radical (unpaired) electrons. The van der Waals surface area contributed by atoms with Gasteiger partial charge in [-0.2, -0.15) is 0 Å². The standard InChI is InChI=1S/C14H21NO2S/c1-4-11-8-12(18-10(11)2)13(16)15-7-5-6-14(3,17)9-15/h8,17H,4-7,9H2,1-3H3. The third-order valence-corrected chi connectivity index (χ3v) is 4.66. The molecule has 0 spiro atoms. The molecule has 1 unspecified atom stereocenters. The highest BCUT2D eigenvalue weighted by Gasteiger charge is 2.31. The smallest absolute Gasteiger partial charge is 0.264 e. The number of hydrogen-bond acceptors (Lipinski definition) is 3. The lowest BCUT2D eigenvalue weighted by molar-refractivity contribution is -0.0105. The lowest BCUT2D eigenvalue weighted by Gasteiger charge is -2.36. The number of rotatable bonds is 2. The van der Waals surface area contributed by atoms with Gasteiger partial charge in [-0.05, 0) is 44.7 Å². The van der Waals surface area contributed by atoms with E-state index < -0.39 is 5.60 Å². The summed E-state index contributed by atoms with van der Waals surface area (Å²) in [4.78, 5) is 16.2. The van der Waals surface area contributed by atoms with Crippen molar-refractivity contribution in [3.63, 3.8) is 0 Å². The maximum atomic E-state index is 12.4. The summed E-state index contributed by atoms with van der Waals surface area (Å²) in [7, 11) is 0. The Morgan fingerprint density at radius 2 is 2.33 bits per heavy atom. The highest BCUT2D eigenvalue weighted by Crippen LogP contribution is 2.26. The predicted octanol–water partition coefficient (Wildman–Crippen LogP) is 2.61. The maximum absolute atomic E-state index is 12.4. The van der Waals surface area contributed by atoms with Crippen LogP contribution in [0.5, 0.6) is 0 Å². The zero-order chi connectivity index (χ0) is 13.3. The Labute approximate surface area is 112 Å². The van der Waals surface area contributed by atoms with Crippen LogP contribution in [0.25, 0.3) is 0 Å². The number of nitrogens with zero attached hydrogens (tertiary/aromatic N) is 1. The Morgan fingerprint density at radius 3 is 2.89 bits per heavy atom. The van der Waals surface area contributed by atoms with Gasteiger partial charge in [0.05, 0.1) is 10.5 Å². The molecule has 2 heterocycles. The van der Waals surface area contributed by atoms with Crippen molar-refractivity contribution in [3.8, 4) is 0 Å². The first-order valence-electron chi connectivity index (χ1n) is 6.54. The Hall–Kier alpha value is -0.870. The number of aryl methyl sites for hydroxylation is 2. The fourth-order valence-corrected chi connectivity index (χ4v) is 3.61. The van der Waals surface area contributed by atoms with Crippen molar-refractivity contribution in [2.24, 2.45) is 0 Å². The molecule has 1 atom stereocenters. The molecule has 1 aromatic heterocycles. The van der Waals surface area contributed by atoms with E-state index in [1.54, 1.807) is 16.2 Å². The first kappa shape index (κ1) is 13.6. The molecule has 1 aliphatic rings. The molecule has 4 heteroatoms. The number of carbonyl (C=O) groups is 1. The second kappa shape index (κ2) is 5.02. The molecule has 3 nitrogen and oxygen atoms in total. The van der Waals surface area contributed by atoms with Crippen molar-refractivity contribution in [2.75, 3.05) is 13.1 Å². The SMILES string of the molecule is CCc1cc(C(=O)N2CCCC(C)(O)C2)sc1C. The first-order chi connectivity index (χ1) is 8.43. The number of hydrogen-bond donors (Lipinski definition) is 1. The van der Waals surface area contributed by atoms with Gasteiger partial charge in [0, 0.05) is 18.0 Å². The first-order valence-corrected chi connectivity index (χ1v) is 7.35. The highest BCUT2D eigenvalue weighted by atomic mass is 32.1. The summed E-state index contributed by atoms with van der Waals surface area (Å²) < 4.78 is 0. The molecule has 100 valence electrons. The van der Waals surface area contributed by atoms with Crippen molar-refractivity contribution in [2.45, 2.75) is 45.6 Å². The number of carbonyl (C=O) groups excluding carboxylic acids is 1. The van der Waals surface area contributed by atoms with Gasteiger partial charge in [0.2, 0.25) is 0 Å². The molecule has 1 aromatic rings. The van der Waals surface area contributed by atoms with E-state index in [0.29, 0.717) is 6.54 Å². The molecule has 0 saturated carbocycles. The molecule has 2 rings (SSSR count). The average Bonchev–Trinajstić information content (AvgIpc) is 2.68. The van der Waals surface area contributed by atoms with Crippen LogP contribution in [0.1, 0.15) is 46.8 Å². The quantitative estimate of drug-likeness (QED) is 0.895. The van der Waals surface area contributed by atoms with E-state index in [0.717, 1.165) is 30.7 Å². The summed E-state index contributed by atoms with van der Waals surface area (Å²) >= 11 is 1.57. The fraction of sp³-hybridized carbons (Fsp3) is 0.643. The van der Waals surface area contributed by atoms with Gasteiger partial charge >= 0.3 is 0 Å². The summed E-state index contributed by atoms with van der Waals surface area (Å²) in [5.74, 6) is 0.0720. The van der Waals surface area contributed by atoms with Crippen LogP contribution < -0.4 is 0 Å². The van der Waals surface area contributed by atoms with Gasteiger partial charge in [0.25, 0.3) is 5.91 Å². The van der Waals surface area contributed by atoms with Crippen LogP contribution in [0.3, 0.4) is 0 Å². The number of β-amino-alcohol motifs (C(OH)–C–C–N with tert-alkyl or cyclic N) is 1. The molecular formula is C14H21NO2S. The van der Waals surface area contributed by atoms with Gasteiger partial charge in [-0.15, -0.1) is 11.3 Å².